The third kappa shape index (κ3) is 5.54. The van der Waals surface area contributed by atoms with Gasteiger partial charge >= 0.3 is 6.09 Å². The molecule has 31 heavy (non-hydrogen) atoms. The molecule has 0 aromatic carbocycles. The highest BCUT2D eigenvalue weighted by Gasteiger charge is 2.26. The summed E-state index contributed by atoms with van der Waals surface area (Å²) in [5.41, 5.74) is 3.84. The Morgan fingerprint density at radius 1 is 1.19 bits per heavy atom. The molecule has 3 aromatic rings. The Labute approximate surface area is 191 Å². The van der Waals surface area contributed by atoms with Gasteiger partial charge in [0.05, 0.1) is 19.3 Å². The molecule has 8 heteroatoms. The second kappa shape index (κ2) is 9.24. The van der Waals surface area contributed by atoms with E-state index >= 15 is 0 Å². The van der Waals surface area contributed by atoms with Gasteiger partial charge in [-0.2, -0.15) is 0 Å². The summed E-state index contributed by atoms with van der Waals surface area (Å²) < 4.78 is 11.2. The molecule has 0 aliphatic heterocycles. The number of methoxy groups -OCH3 is 1. The first kappa shape index (κ1) is 23.0. The maximum Gasteiger partial charge on any atom is 0.415 e. The van der Waals surface area contributed by atoms with E-state index < -0.39 is 11.7 Å². The van der Waals surface area contributed by atoms with Gasteiger partial charge in [0.2, 0.25) is 0 Å². The molecule has 0 saturated heterocycles. The van der Waals surface area contributed by atoms with Crippen LogP contribution in [0.25, 0.3) is 11.1 Å². The van der Waals surface area contributed by atoms with Gasteiger partial charge in [-0.05, 0) is 63.9 Å². The zero-order valence-electron chi connectivity index (χ0n) is 18.5. The molecule has 0 N–H and O–H groups in total. The molecule has 0 fully saturated rings. The lowest BCUT2D eigenvalue weighted by atomic mass is 10.1. The Morgan fingerprint density at radius 2 is 1.94 bits per heavy atom. The number of anilines is 1. The predicted octanol–water partition coefficient (Wildman–Crippen LogP) is 6.43. The third-order valence-corrected chi connectivity index (χ3v) is 5.74. The number of thiophene rings is 1. The van der Waals surface area contributed by atoms with Crippen LogP contribution < -0.4 is 9.64 Å². The molecule has 164 valence electrons. The van der Waals surface area contributed by atoms with Crippen molar-refractivity contribution in [2.75, 3.05) is 12.0 Å². The van der Waals surface area contributed by atoms with Crippen molar-refractivity contribution in [3.63, 3.8) is 0 Å². The molecule has 0 spiro atoms. The van der Waals surface area contributed by atoms with Crippen LogP contribution in [0.4, 0.5) is 9.80 Å². The van der Waals surface area contributed by atoms with Crippen molar-refractivity contribution in [2.24, 2.45) is 0 Å². The number of halogens is 1. The molecule has 0 radical (unpaired) electrons. The summed E-state index contributed by atoms with van der Waals surface area (Å²) >= 11 is 7.49. The van der Waals surface area contributed by atoms with Crippen LogP contribution in [0.5, 0.6) is 5.75 Å². The molecule has 3 aromatic heterocycles. The summed E-state index contributed by atoms with van der Waals surface area (Å²) in [6.07, 6.45) is 2.98. The van der Waals surface area contributed by atoms with Crippen LogP contribution >= 0.6 is 22.9 Å². The van der Waals surface area contributed by atoms with Gasteiger partial charge in [0.1, 0.15) is 21.5 Å². The van der Waals surface area contributed by atoms with E-state index in [1.54, 1.807) is 30.5 Å². The summed E-state index contributed by atoms with van der Waals surface area (Å²) in [6, 6.07) is 5.62. The summed E-state index contributed by atoms with van der Waals surface area (Å²) in [4.78, 5) is 23.3. The van der Waals surface area contributed by atoms with E-state index in [-0.39, 0.29) is 6.54 Å². The van der Waals surface area contributed by atoms with Crippen molar-refractivity contribution >= 4 is 34.0 Å². The lowest BCUT2D eigenvalue weighted by Gasteiger charge is -2.27. The Balaban J connectivity index is 1.99. The number of aryl methyl sites for hydroxylation is 1. The number of ether oxygens (including phenoxy) is 2. The van der Waals surface area contributed by atoms with E-state index in [1.807, 2.05) is 52.1 Å². The van der Waals surface area contributed by atoms with Crippen LogP contribution in [-0.2, 0) is 11.3 Å². The fourth-order valence-corrected chi connectivity index (χ4v) is 4.22. The number of hydrogen-bond acceptors (Lipinski definition) is 6. The van der Waals surface area contributed by atoms with Gasteiger partial charge in [0.25, 0.3) is 0 Å². The average Bonchev–Trinajstić information content (AvgIpc) is 3.16. The van der Waals surface area contributed by atoms with Gasteiger partial charge in [-0.3, -0.25) is 9.88 Å². The number of carbonyl (C=O) groups excluding carboxylic acids is 1. The molecule has 0 saturated carbocycles. The van der Waals surface area contributed by atoms with Crippen molar-refractivity contribution in [2.45, 2.75) is 46.8 Å². The second-order valence-electron chi connectivity index (χ2n) is 8.15. The number of rotatable bonds is 5. The number of hydrogen-bond donors (Lipinski definition) is 0. The highest BCUT2D eigenvalue weighted by Crippen LogP contribution is 2.35. The van der Waals surface area contributed by atoms with E-state index in [2.05, 4.69) is 9.97 Å². The highest BCUT2D eigenvalue weighted by molar-refractivity contribution is 7.14. The lowest BCUT2D eigenvalue weighted by Crippen LogP contribution is -2.36. The Bertz CT molecular complexity index is 1090. The molecule has 1 amide bonds. The van der Waals surface area contributed by atoms with Crippen LogP contribution in [0.2, 0.25) is 5.15 Å². The fourth-order valence-electron chi connectivity index (χ4n) is 3.13. The largest absolute Gasteiger partial charge is 0.496 e. The first-order valence-electron chi connectivity index (χ1n) is 9.79. The van der Waals surface area contributed by atoms with Gasteiger partial charge in [-0.1, -0.05) is 11.6 Å². The minimum absolute atomic E-state index is 0.258. The van der Waals surface area contributed by atoms with Gasteiger partial charge in [-0.25, -0.2) is 9.78 Å². The molecule has 0 atom stereocenters. The summed E-state index contributed by atoms with van der Waals surface area (Å²) in [6.45, 7) is 9.69. The van der Waals surface area contributed by atoms with Crippen LogP contribution in [-0.4, -0.2) is 28.8 Å². The Kier molecular flexibility index (Phi) is 6.86. The Hall–Kier alpha value is -2.64. The van der Waals surface area contributed by atoms with Gasteiger partial charge in [0.15, 0.2) is 0 Å². The lowest BCUT2D eigenvalue weighted by molar-refractivity contribution is 0.0578. The predicted molar refractivity (Wildman–Crippen MR) is 125 cm³/mol. The van der Waals surface area contributed by atoms with Crippen molar-refractivity contribution in [1.82, 2.24) is 9.97 Å². The van der Waals surface area contributed by atoms with E-state index in [1.165, 1.54) is 11.3 Å². The number of amides is 1. The van der Waals surface area contributed by atoms with Crippen molar-refractivity contribution in [3.8, 4) is 16.9 Å². The van der Waals surface area contributed by atoms with Crippen LogP contribution in [0, 0.1) is 13.8 Å². The van der Waals surface area contributed by atoms with Gasteiger partial charge < -0.3 is 9.47 Å². The third-order valence-electron chi connectivity index (χ3n) is 4.58. The van der Waals surface area contributed by atoms with Gasteiger partial charge in [-0.15, -0.1) is 11.3 Å². The standard InChI is InChI=1S/C23H26ClN3O3S/c1-14-11-26-18(15(2)21(14)29-6)12-27(22(28)30-23(3,4)5)20-10-17(13-31-20)16-7-8-25-19(24)9-16/h7-11,13H,12H2,1-6H3. The number of pyridine rings is 2. The molecular formula is C23H26ClN3O3S. The molecular weight excluding hydrogens is 434 g/mol. The number of carbonyl (C=O) groups is 1. The van der Waals surface area contributed by atoms with Gasteiger partial charge in [0, 0.05) is 28.9 Å². The molecule has 6 nitrogen and oxygen atoms in total. The van der Waals surface area contributed by atoms with Crippen LogP contribution in [0.15, 0.2) is 36.0 Å². The SMILES string of the molecule is COc1c(C)cnc(CN(C(=O)OC(C)(C)C)c2cc(-c3ccnc(Cl)c3)cs2)c1C. The minimum atomic E-state index is -0.624. The second-order valence-corrected chi connectivity index (χ2v) is 9.43. The number of nitrogens with zero attached hydrogens (tertiary/aromatic N) is 3. The zero-order valence-corrected chi connectivity index (χ0v) is 20.1. The minimum Gasteiger partial charge on any atom is -0.496 e. The van der Waals surface area contributed by atoms with E-state index in [4.69, 9.17) is 21.1 Å². The first-order valence-corrected chi connectivity index (χ1v) is 11.0. The van der Waals surface area contributed by atoms with E-state index in [0.717, 1.165) is 38.7 Å². The topological polar surface area (TPSA) is 64.5 Å². The average molecular weight is 460 g/mol. The van der Waals surface area contributed by atoms with Crippen LogP contribution in [0.3, 0.4) is 0 Å². The summed E-state index contributed by atoms with van der Waals surface area (Å²) in [5, 5.41) is 3.15. The molecule has 0 unspecified atom stereocenters. The fraction of sp³-hybridized carbons (Fsp3) is 0.348. The molecule has 3 rings (SSSR count). The van der Waals surface area contributed by atoms with Crippen molar-refractivity contribution in [3.05, 3.63) is 57.9 Å². The normalized spacial score (nSPS) is 11.3. The van der Waals surface area contributed by atoms with Crippen molar-refractivity contribution in [1.29, 1.82) is 0 Å². The molecule has 0 aliphatic carbocycles. The maximum atomic E-state index is 13.1. The first-order chi connectivity index (χ1) is 14.6. The summed E-state index contributed by atoms with van der Waals surface area (Å²) in [5.74, 6) is 0.771. The van der Waals surface area contributed by atoms with E-state index in [9.17, 15) is 4.79 Å². The molecule has 3 heterocycles. The number of aromatic nitrogens is 2. The smallest absolute Gasteiger partial charge is 0.415 e. The quantitative estimate of drug-likeness (QED) is 0.411. The maximum absolute atomic E-state index is 13.1. The molecule has 0 bridgehead atoms. The summed E-state index contributed by atoms with van der Waals surface area (Å²) in [7, 11) is 1.64. The van der Waals surface area contributed by atoms with Crippen molar-refractivity contribution < 1.29 is 14.3 Å². The highest BCUT2D eigenvalue weighted by atomic mass is 35.5. The molecule has 0 aliphatic rings. The monoisotopic (exact) mass is 459 g/mol. The van der Waals surface area contributed by atoms with Crippen LogP contribution in [0.1, 0.15) is 37.6 Å². The van der Waals surface area contributed by atoms with E-state index in [0.29, 0.717) is 5.15 Å². The zero-order chi connectivity index (χ0) is 22.8. The Morgan fingerprint density at radius 3 is 2.58 bits per heavy atom.